The van der Waals surface area contributed by atoms with E-state index in [1.165, 1.54) is 0 Å². The second kappa shape index (κ2) is 3.33. The van der Waals surface area contributed by atoms with Gasteiger partial charge in [0.2, 0.25) is 0 Å². The van der Waals surface area contributed by atoms with Gasteiger partial charge in [0.05, 0.1) is 0 Å². The maximum absolute atomic E-state index is 3.60. The van der Waals surface area contributed by atoms with Gasteiger partial charge in [0.15, 0.2) is 0 Å². The Kier molecular flexibility index (Phi) is 3.48. The fourth-order valence-electron chi connectivity index (χ4n) is 0.248. The molecule has 1 rings (SSSR count). The van der Waals surface area contributed by atoms with E-state index in [4.69, 9.17) is 0 Å². The van der Waals surface area contributed by atoms with E-state index in [0.29, 0.717) is 0 Å². The summed E-state index contributed by atoms with van der Waals surface area (Å²) in [5, 5.41) is 0. The Bertz CT molecular complexity index is 113. The molecule has 0 aliphatic heterocycles. The molecule has 0 bridgehead atoms. The van der Waals surface area contributed by atoms with Gasteiger partial charge in [0.1, 0.15) is 0 Å². The van der Waals surface area contributed by atoms with Gasteiger partial charge in [0, 0.05) is 39.8 Å². The van der Waals surface area contributed by atoms with Crippen molar-refractivity contribution in [2.75, 3.05) is 0 Å². The molecule has 0 unspecified atom stereocenters. The van der Waals surface area contributed by atoms with E-state index < -0.39 is 0 Å². The number of hydrogen-bond acceptors (Lipinski definition) is 1. The minimum Gasteiger partial charge on any atom is -0.442 e. The largest absolute Gasteiger partial charge is 0.442 e. The number of rotatable bonds is 0. The van der Waals surface area contributed by atoms with Gasteiger partial charge in [-0.2, -0.15) is 0 Å². The smallest absolute Gasteiger partial charge is 0.0208 e. The summed E-state index contributed by atoms with van der Waals surface area (Å²) in [7, 11) is 3.50. The van der Waals surface area contributed by atoms with Gasteiger partial charge < -0.3 is 9.55 Å². The summed E-state index contributed by atoms with van der Waals surface area (Å²) in [5.74, 6) is 0. The molecular formula is C4H4N2Y-. The van der Waals surface area contributed by atoms with Crippen LogP contribution in [-0.2, 0) is 32.7 Å². The van der Waals surface area contributed by atoms with Gasteiger partial charge in [-0.15, -0.1) is 6.20 Å². The Hall–Kier alpha value is 0.314. The monoisotopic (exact) mass is 169 g/mol. The van der Waals surface area contributed by atoms with Crippen molar-refractivity contribution < 1.29 is 32.7 Å². The molecule has 0 N–H and O–H groups in total. The fraction of sp³-hybridized carbons (Fsp3) is 0. The van der Waals surface area contributed by atoms with E-state index >= 15 is 0 Å². The summed E-state index contributed by atoms with van der Waals surface area (Å²) in [6.45, 7) is 0. The molecule has 3 heteroatoms. The van der Waals surface area contributed by atoms with Crippen molar-refractivity contribution in [2.24, 2.45) is 0 Å². The number of nitrogens with zero attached hydrogens (tertiary/aromatic N) is 2. The molecule has 0 atom stereocenters. The van der Waals surface area contributed by atoms with E-state index in [-0.39, 0.29) is 32.7 Å². The summed E-state index contributed by atoms with van der Waals surface area (Å²) >= 11 is 0. The number of hydrogen-bond donors (Lipinski definition) is 0. The summed E-state index contributed by atoms with van der Waals surface area (Å²) < 4.78 is 1.58. The summed E-state index contributed by atoms with van der Waals surface area (Å²) in [4.78, 5) is 3.60. The molecule has 2 nitrogen and oxygen atoms in total. The van der Waals surface area contributed by atoms with E-state index in [1.54, 1.807) is 17.1 Å². The number of aromatic nitrogens is 2. The maximum Gasteiger partial charge on any atom is 0.0208 e. The van der Waals surface area contributed by atoms with E-state index in [0.717, 1.165) is 0 Å². The third kappa shape index (κ3) is 2.20. The molecule has 7 heavy (non-hydrogen) atoms. The Balaban J connectivity index is 0.000000360. The first-order valence-corrected chi connectivity index (χ1v) is 1.60. The zero-order chi connectivity index (χ0) is 4.41. The predicted molar refractivity (Wildman–Crippen MR) is 21.8 cm³/mol. The van der Waals surface area contributed by atoms with Crippen LogP contribution in [0.25, 0.3) is 0 Å². The van der Waals surface area contributed by atoms with Crippen molar-refractivity contribution in [1.29, 1.82) is 0 Å². The third-order valence-electron chi connectivity index (χ3n) is 0.504. The second-order valence-corrected chi connectivity index (χ2v) is 1.02. The molecule has 0 aliphatic rings. The Labute approximate surface area is 67.8 Å². The van der Waals surface area contributed by atoms with Crippen molar-refractivity contribution in [3.8, 4) is 0 Å². The van der Waals surface area contributed by atoms with Gasteiger partial charge in [0.25, 0.3) is 0 Å². The van der Waals surface area contributed by atoms with Crippen LogP contribution < -0.4 is 0 Å². The quantitative estimate of drug-likeness (QED) is 0.511. The first kappa shape index (κ1) is 7.31. The van der Waals surface area contributed by atoms with Crippen LogP contribution in [0.15, 0.2) is 12.5 Å². The molecule has 2 radical (unpaired) electrons. The van der Waals surface area contributed by atoms with Crippen LogP contribution in [-0.4, -0.2) is 9.55 Å². The van der Waals surface area contributed by atoms with Crippen LogP contribution in [0.4, 0.5) is 0 Å². The van der Waals surface area contributed by atoms with E-state index in [2.05, 4.69) is 18.2 Å². The SMILES string of the molecule is [CH2]n1c[c-]nc1.[Y]. The standard InChI is InChI=1S/C4H4N2.Y/c1-6-3-2-5-4-6;/h3-4H,1H2;/q-1;. The average molecular weight is 169 g/mol. The van der Waals surface area contributed by atoms with Gasteiger partial charge >= 0.3 is 0 Å². The minimum atomic E-state index is 0. The molecule has 34 valence electrons. The average Bonchev–Trinajstić information content (AvgIpc) is 1.86. The van der Waals surface area contributed by atoms with Crippen LogP contribution >= 0.6 is 0 Å². The summed E-state index contributed by atoms with van der Waals surface area (Å²) in [5.41, 5.74) is 0. The topological polar surface area (TPSA) is 17.8 Å². The molecule has 0 saturated heterocycles. The molecule has 1 aromatic heterocycles. The van der Waals surface area contributed by atoms with Gasteiger partial charge in [-0.3, -0.25) is 0 Å². The third-order valence-corrected chi connectivity index (χ3v) is 0.504. The van der Waals surface area contributed by atoms with Crippen LogP contribution in [0.5, 0.6) is 0 Å². The van der Waals surface area contributed by atoms with E-state index in [1.807, 2.05) is 0 Å². The number of imidazole rings is 1. The molecule has 0 amide bonds. The predicted octanol–water partition coefficient (Wildman–Crippen LogP) is 0.320. The molecule has 0 aromatic carbocycles. The first-order chi connectivity index (χ1) is 2.89. The molecule has 1 aromatic rings. The van der Waals surface area contributed by atoms with Crippen LogP contribution in [0, 0.1) is 13.2 Å². The minimum absolute atomic E-state index is 0. The Morgan fingerprint density at radius 1 is 1.71 bits per heavy atom. The Morgan fingerprint density at radius 2 is 2.43 bits per heavy atom. The van der Waals surface area contributed by atoms with Crippen molar-refractivity contribution in [1.82, 2.24) is 9.55 Å². The van der Waals surface area contributed by atoms with Crippen molar-refractivity contribution in [3.05, 3.63) is 25.8 Å². The normalized spacial score (nSPS) is 7.57. The zero-order valence-electron chi connectivity index (χ0n) is 3.83. The van der Waals surface area contributed by atoms with Gasteiger partial charge in [-0.1, -0.05) is 12.5 Å². The van der Waals surface area contributed by atoms with Crippen molar-refractivity contribution >= 4 is 0 Å². The maximum atomic E-state index is 3.60. The summed E-state index contributed by atoms with van der Waals surface area (Å²) in [6.07, 6.45) is 5.82. The Morgan fingerprint density at radius 3 is 2.57 bits per heavy atom. The summed E-state index contributed by atoms with van der Waals surface area (Å²) in [6, 6.07) is 0. The fourth-order valence-corrected chi connectivity index (χ4v) is 0.248. The van der Waals surface area contributed by atoms with Gasteiger partial charge in [-0.25, -0.2) is 0 Å². The first-order valence-electron chi connectivity index (χ1n) is 1.60. The molecule has 0 saturated carbocycles. The molecule has 0 fully saturated rings. The molecule has 0 aliphatic carbocycles. The molecular weight excluding hydrogens is 165 g/mol. The van der Waals surface area contributed by atoms with Gasteiger partial charge in [-0.05, 0) is 0 Å². The molecule has 0 spiro atoms. The van der Waals surface area contributed by atoms with Crippen molar-refractivity contribution in [2.45, 2.75) is 0 Å². The zero-order valence-corrected chi connectivity index (χ0v) is 6.67. The molecule has 1 heterocycles. The van der Waals surface area contributed by atoms with Crippen molar-refractivity contribution in [3.63, 3.8) is 0 Å². The van der Waals surface area contributed by atoms with Crippen LogP contribution in [0.1, 0.15) is 0 Å². The second-order valence-electron chi connectivity index (χ2n) is 1.02. The van der Waals surface area contributed by atoms with E-state index in [9.17, 15) is 0 Å². The van der Waals surface area contributed by atoms with Crippen LogP contribution in [0.2, 0.25) is 0 Å². The van der Waals surface area contributed by atoms with Crippen LogP contribution in [0.3, 0.4) is 0 Å².